The highest BCUT2D eigenvalue weighted by Gasteiger charge is 2.07. The number of benzene rings is 1. The van der Waals surface area contributed by atoms with Crippen LogP contribution in [0.15, 0.2) is 35.2 Å². The highest BCUT2D eigenvalue weighted by molar-refractivity contribution is 7.99. The third kappa shape index (κ3) is 5.31. The molecule has 0 aromatic heterocycles. The van der Waals surface area contributed by atoms with Crippen molar-refractivity contribution in [3.8, 4) is 0 Å². The lowest BCUT2D eigenvalue weighted by Crippen LogP contribution is -2.04. The molecule has 20 heavy (non-hydrogen) atoms. The summed E-state index contributed by atoms with van der Waals surface area (Å²) in [5, 5.41) is 0. The Bertz CT molecular complexity index is 559. The molecule has 0 bridgehead atoms. The van der Waals surface area contributed by atoms with Crippen LogP contribution in [0.5, 0.6) is 0 Å². The van der Waals surface area contributed by atoms with Gasteiger partial charge in [0.2, 0.25) is 0 Å². The van der Waals surface area contributed by atoms with Crippen molar-refractivity contribution >= 4 is 27.5 Å². The Hall–Kier alpha value is -0.780. The molecule has 0 atom stereocenters. The average Bonchev–Trinajstić information content (AvgIpc) is 2.44. The van der Waals surface area contributed by atoms with Crippen LogP contribution in [0, 0.1) is 0 Å². The SMILES string of the molecule is O=S(=O)(O)CCCSc1ccc(C2=CCCCC2)cc1. The lowest BCUT2D eigenvalue weighted by Gasteiger charge is -2.13. The quantitative estimate of drug-likeness (QED) is 0.490. The van der Waals surface area contributed by atoms with Crippen LogP contribution in [-0.2, 0) is 10.1 Å². The molecule has 1 aliphatic rings. The molecule has 1 aromatic rings. The van der Waals surface area contributed by atoms with E-state index in [0.717, 1.165) is 4.90 Å². The van der Waals surface area contributed by atoms with Crippen molar-refractivity contribution in [2.24, 2.45) is 0 Å². The largest absolute Gasteiger partial charge is 0.286 e. The molecule has 1 aliphatic carbocycles. The van der Waals surface area contributed by atoms with Crippen LogP contribution in [0.1, 0.15) is 37.7 Å². The average molecular weight is 312 g/mol. The van der Waals surface area contributed by atoms with E-state index < -0.39 is 10.1 Å². The monoisotopic (exact) mass is 312 g/mol. The van der Waals surface area contributed by atoms with Crippen molar-refractivity contribution in [3.05, 3.63) is 35.9 Å². The van der Waals surface area contributed by atoms with E-state index in [0.29, 0.717) is 12.2 Å². The molecule has 0 spiro atoms. The molecule has 3 nitrogen and oxygen atoms in total. The van der Waals surface area contributed by atoms with E-state index in [-0.39, 0.29) is 5.75 Å². The molecule has 0 saturated heterocycles. The summed E-state index contributed by atoms with van der Waals surface area (Å²) < 4.78 is 29.9. The molecular formula is C15H20O3S2. The zero-order chi connectivity index (χ0) is 14.4. The maximum Gasteiger partial charge on any atom is 0.264 e. The second-order valence-corrected chi connectivity index (χ2v) is 7.73. The minimum Gasteiger partial charge on any atom is -0.286 e. The van der Waals surface area contributed by atoms with Gasteiger partial charge in [0.1, 0.15) is 0 Å². The lowest BCUT2D eigenvalue weighted by atomic mass is 9.94. The first-order valence-electron chi connectivity index (χ1n) is 6.92. The highest BCUT2D eigenvalue weighted by Crippen LogP contribution is 2.28. The van der Waals surface area contributed by atoms with Crippen molar-refractivity contribution in [1.29, 1.82) is 0 Å². The molecule has 0 amide bonds. The van der Waals surface area contributed by atoms with Crippen molar-refractivity contribution in [1.82, 2.24) is 0 Å². The number of hydrogen-bond donors (Lipinski definition) is 1. The number of rotatable bonds is 6. The molecule has 5 heteroatoms. The van der Waals surface area contributed by atoms with Gasteiger partial charge in [-0.25, -0.2) is 0 Å². The van der Waals surface area contributed by atoms with E-state index in [1.54, 1.807) is 11.8 Å². The predicted molar refractivity (Wildman–Crippen MR) is 84.6 cm³/mol. The molecular weight excluding hydrogens is 292 g/mol. The maximum absolute atomic E-state index is 10.6. The van der Waals surface area contributed by atoms with E-state index in [1.165, 1.54) is 36.8 Å². The Kier molecular flexibility index (Phi) is 5.69. The van der Waals surface area contributed by atoms with E-state index in [2.05, 4.69) is 30.3 Å². The van der Waals surface area contributed by atoms with Gasteiger partial charge in [-0.05, 0) is 61.1 Å². The summed E-state index contributed by atoms with van der Waals surface area (Å²) in [4.78, 5) is 1.14. The standard InChI is InChI=1S/C15H20O3S2/c16-20(17,18)12-4-11-19-15-9-7-14(8-10-15)13-5-2-1-3-6-13/h5,7-10H,1-4,6,11-12H2,(H,16,17,18). The smallest absolute Gasteiger partial charge is 0.264 e. The molecule has 110 valence electrons. The Morgan fingerprint density at radius 1 is 1.15 bits per heavy atom. The van der Waals surface area contributed by atoms with Gasteiger partial charge < -0.3 is 0 Å². The summed E-state index contributed by atoms with van der Waals surface area (Å²) in [6, 6.07) is 8.45. The zero-order valence-corrected chi connectivity index (χ0v) is 13.0. The van der Waals surface area contributed by atoms with E-state index >= 15 is 0 Å². The van der Waals surface area contributed by atoms with Crippen LogP contribution in [0.25, 0.3) is 5.57 Å². The van der Waals surface area contributed by atoms with Crippen LogP contribution in [0.2, 0.25) is 0 Å². The molecule has 0 aliphatic heterocycles. The molecule has 2 rings (SSSR count). The topological polar surface area (TPSA) is 54.4 Å². The van der Waals surface area contributed by atoms with E-state index in [1.807, 2.05) is 0 Å². The minimum absolute atomic E-state index is 0.162. The van der Waals surface area contributed by atoms with Crippen LogP contribution < -0.4 is 0 Å². The van der Waals surface area contributed by atoms with Crippen LogP contribution >= 0.6 is 11.8 Å². The number of thioether (sulfide) groups is 1. The van der Waals surface area contributed by atoms with Gasteiger partial charge in [-0.3, -0.25) is 4.55 Å². The van der Waals surface area contributed by atoms with Crippen molar-refractivity contribution < 1.29 is 13.0 Å². The fourth-order valence-electron chi connectivity index (χ4n) is 2.30. The first-order chi connectivity index (χ1) is 9.54. The maximum atomic E-state index is 10.6. The third-order valence-electron chi connectivity index (χ3n) is 3.33. The molecule has 0 saturated carbocycles. The fraction of sp³-hybridized carbons (Fsp3) is 0.467. The summed E-state index contributed by atoms with van der Waals surface area (Å²) in [5.41, 5.74) is 2.74. The zero-order valence-electron chi connectivity index (χ0n) is 11.4. The Labute approximate surface area is 125 Å². The van der Waals surface area contributed by atoms with Gasteiger partial charge in [0.15, 0.2) is 0 Å². The van der Waals surface area contributed by atoms with Gasteiger partial charge in [-0.2, -0.15) is 8.42 Å². The van der Waals surface area contributed by atoms with Crippen LogP contribution in [0.4, 0.5) is 0 Å². The third-order valence-corrected chi connectivity index (χ3v) is 5.23. The molecule has 1 aromatic carbocycles. The normalized spacial score (nSPS) is 15.9. The number of allylic oxidation sites excluding steroid dienone is 2. The van der Waals surface area contributed by atoms with E-state index in [9.17, 15) is 8.42 Å². The first-order valence-corrected chi connectivity index (χ1v) is 9.51. The summed E-state index contributed by atoms with van der Waals surface area (Å²) in [7, 11) is -3.82. The summed E-state index contributed by atoms with van der Waals surface area (Å²) in [5.74, 6) is 0.535. The number of hydrogen-bond acceptors (Lipinski definition) is 3. The lowest BCUT2D eigenvalue weighted by molar-refractivity contribution is 0.482. The van der Waals surface area contributed by atoms with Crippen molar-refractivity contribution in [2.45, 2.75) is 37.0 Å². The van der Waals surface area contributed by atoms with Gasteiger partial charge in [-0.15, -0.1) is 11.8 Å². The second-order valence-electron chi connectivity index (χ2n) is 4.99. The van der Waals surface area contributed by atoms with Gasteiger partial charge >= 0.3 is 0 Å². The van der Waals surface area contributed by atoms with Crippen LogP contribution in [-0.4, -0.2) is 24.5 Å². The Morgan fingerprint density at radius 3 is 2.50 bits per heavy atom. The molecule has 0 radical (unpaired) electrons. The van der Waals surface area contributed by atoms with Crippen LogP contribution in [0.3, 0.4) is 0 Å². The molecule has 0 fully saturated rings. The highest BCUT2D eigenvalue weighted by atomic mass is 32.2. The van der Waals surface area contributed by atoms with Crippen molar-refractivity contribution in [3.63, 3.8) is 0 Å². The summed E-state index contributed by atoms with van der Waals surface area (Å²) in [6.07, 6.45) is 7.72. The van der Waals surface area contributed by atoms with Gasteiger partial charge in [0.25, 0.3) is 10.1 Å². The Balaban J connectivity index is 1.84. The molecule has 1 N–H and O–H groups in total. The van der Waals surface area contributed by atoms with E-state index in [4.69, 9.17) is 4.55 Å². The second kappa shape index (κ2) is 7.29. The van der Waals surface area contributed by atoms with Gasteiger partial charge in [0.05, 0.1) is 5.75 Å². The van der Waals surface area contributed by atoms with Crippen molar-refractivity contribution in [2.75, 3.05) is 11.5 Å². The Morgan fingerprint density at radius 2 is 1.90 bits per heavy atom. The predicted octanol–water partition coefficient (Wildman–Crippen LogP) is 4.01. The summed E-state index contributed by atoms with van der Waals surface area (Å²) in [6.45, 7) is 0. The minimum atomic E-state index is -3.82. The van der Waals surface area contributed by atoms with Gasteiger partial charge in [-0.1, -0.05) is 18.2 Å². The first kappa shape index (κ1) is 15.6. The summed E-state index contributed by atoms with van der Waals surface area (Å²) >= 11 is 1.62. The fourth-order valence-corrected chi connectivity index (χ4v) is 3.84. The molecule has 0 heterocycles. The van der Waals surface area contributed by atoms with Gasteiger partial charge in [0, 0.05) is 4.90 Å². The molecule has 0 unspecified atom stereocenters.